The Bertz CT molecular complexity index is 832. The van der Waals surface area contributed by atoms with Crippen LogP contribution in [0.1, 0.15) is 34.0 Å². The quantitative estimate of drug-likeness (QED) is 0.671. The first-order valence-electron chi connectivity index (χ1n) is 7.27. The van der Waals surface area contributed by atoms with Crippen LogP contribution < -0.4 is 0 Å². The highest BCUT2D eigenvalue weighted by Crippen LogP contribution is 2.38. The van der Waals surface area contributed by atoms with E-state index in [1.165, 1.54) is 11.1 Å². The monoisotopic (exact) mass is 273 g/mol. The summed E-state index contributed by atoms with van der Waals surface area (Å²) in [4.78, 5) is 16.9. The van der Waals surface area contributed by atoms with Crippen LogP contribution in [-0.4, -0.2) is 10.8 Å². The fraction of sp³-hybridized carbons (Fsp3) is 0.158. The number of hydrogen-bond acceptors (Lipinski definition) is 2. The Morgan fingerprint density at radius 1 is 1.05 bits per heavy atom. The molecule has 0 aliphatic heterocycles. The molecule has 0 saturated carbocycles. The molecule has 1 heterocycles. The van der Waals surface area contributed by atoms with Crippen molar-refractivity contribution in [3.63, 3.8) is 0 Å². The van der Waals surface area contributed by atoms with Crippen LogP contribution in [0.15, 0.2) is 60.8 Å². The third-order valence-electron chi connectivity index (χ3n) is 4.33. The van der Waals surface area contributed by atoms with Crippen molar-refractivity contribution in [3.8, 4) is 0 Å². The van der Waals surface area contributed by atoms with Crippen LogP contribution in [0.25, 0.3) is 10.8 Å². The van der Waals surface area contributed by atoms with E-state index in [2.05, 4.69) is 23.2 Å². The number of pyridine rings is 1. The molecule has 0 N–H and O–H groups in total. The van der Waals surface area contributed by atoms with E-state index in [-0.39, 0.29) is 5.78 Å². The van der Waals surface area contributed by atoms with Crippen molar-refractivity contribution in [3.05, 3.63) is 77.6 Å². The number of rotatable bonds is 3. The zero-order valence-electron chi connectivity index (χ0n) is 11.6. The molecule has 3 aromatic rings. The Hall–Kier alpha value is -2.48. The lowest BCUT2D eigenvalue weighted by Gasteiger charge is -2.29. The van der Waals surface area contributed by atoms with Gasteiger partial charge in [0.25, 0.3) is 0 Å². The van der Waals surface area contributed by atoms with Crippen LogP contribution in [0.4, 0.5) is 0 Å². The summed E-state index contributed by atoms with van der Waals surface area (Å²) in [5.74, 6) is 0.501. The van der Waals surface area contributed by atoms with Crippen LogP contribution in [-0.2, 0) is 6.42 Å². The number of hydrogen-bond donors (Lipinski definition) is 0. The summed E-state index contributed by atoms with van der Waals surface area (Å²) in [6, 6.07) is 18.3. The SMILES string of the molecule is O=C(CC1Cc2ccccc21)c1nccc2ccccc12. The first-order chi connectivity index (χ1) is 10.3. The summed E-state index contributed by atoms with van der Waals surface area (Å²) in [7, 11) is 0. The molecule has 21 heavy (non-hydrogen) atoms. The molecule has 1 aromatic heterocycles. The van der Waals surface area contributed by atoms with E-state index in [4.69, 9.17) is 0 Å². The number of fused-ring (bicyclic) bond motifs is 2. The van der Waals surface area contributed by atoms with Crippen LogP contribution >= 0.6 is 0 Å². The van der Waals surface area contributed by atoms with Crippen molar-refractivity contribution in [2.75, 3.05) is 0 Å². The predicted molar refractivity (Wildman–Crippen MR) is 83.6 cm³/mol. The Morgan fingerprint density at radius 3 is 2.76 bits per heavy atom. The van der Waals surface area contributed by atoms with Gasteiger partial charge in [-0.15, -0.1) is 0 Å². The normalized spacial score (nSPS) is 16.3. The molecule has 0 saturated heterocycles. The Labute approximate surface area is 123 Å². The molecule has 2 aromatic carbocycles. The van der Waals surface area contributed by atoms with Gasteiger partial charge in [0.15, 0.2) is 5.78 Å². The van der Waals surface area contributed by atoms with Gasteiger partial charge in [0.1, 0.15) is 5.69 Å². The van der Waals surface area contributed by atoms with Crippen LogP contribution in [0.3, 0.4) is 0 Å². The van der Waals surface area contributed by atoms with Gasteiger partial charge in [0.2, 0.25) is 0 Å². The van der Waals surface area contributed by atoms with Crippen LogP contribution in [0.5, 0.6) is 0 Å². The average Bonchev–Trinajstić information content (AvgIpc) is 2.52. The molecule has 102 valence electrons. The molecular weight excluding hydrogens is 258 g/mol. The highest BCUT2D eigenvalue weighted by Gasteiger charge is 2.28. The maximum absolute atomic E-state index is 12.6. The molecule has 1 atom stereocenters. The summed E-state index contributed by atoms with van der Waals surface area (Å²) in [6.45, 7) is 0. The third kappa shape index (κ3) is 2.04. The van der Waals surface area contributed by atoms with Gasteiger partial charge in [0.05, 0.1) is 0 Å². The molecule has 2 nitrogen and oxygen atoms in total. The fourth-order valence-electron chi connectivity index (χ4n) is 3.21. The largest absolute Gasteiger partial charge is 0.292 e. The molecule has 1 aliphatic rings. The smallest absolute Gasteiger partial charge is 0.182 e. The molecule has 1 unspecified atom stereocenters. The maximum atomic E-state index is 12.6. The lowest BCUT2D eigenvalue weighted by atomic mass is 9.75. The van der Waals surface area contributed by atoms with Gasteiger partial charge in [-0.2, -0.15) is 0 Å². The predicted octanol–water partition coefficient (Wildman–Crippen LogP) is 4.15. The molecule has 0 amide bonds. The van der Waals surface area contributed by atoms with Crippen LogP contribution in [0.2, 0.25) is 0 Å². The van der Waals surface area contributed by atoms with Gasteiger partial charge in [-0.05, 0) is 34.9 Å². The standard InChI is InChI=1S/C19H15NO/c21-18(12-15-11-14-6-2-3-7-16(14)15)19-17-8-4-1-5-13(17)9-10-20-19/h1-10,15H,11-12H2. The van der Waals surface area contributed by atoms with Gasteiger partial charge in [-0.1, -0.05) is 48.5 Å². The van der Waals surface area contributed by atoms with Crippen molar-refractivity contribution in [1.29, 1.82) is 0 Å². The van der Waals surface area contributed by atoms with Crippen LogP contribution in [0, 0.1) is 0 Å². The van der Waals surface area contributed by atoms with E-state index in [1.54, 1.807) is 6.20 Å². The van der Waals surface area contributed by atoms with Gasteiger partial charge >= 0.3 is 0 Å². The van der Waals surface area contributed by atoms with Crippen molar-refractivity contribution in [2.24, 2.45) is 0 Å². The Morgan fingerprint density at radius 2 is 1.86 bits per heavy atom. The minimum Gasteiger partial charge on any atom is -0.292 e. The molecule has 0 fully saturated rings. The van der Waals surface area contributed by atoms with Gasteiger partial charge in [-0.3, -0.25) is 9.78 Å². The number of carbonyl (C=O) groups is 1. The van der Waals surface area contributed by atoms with Crippen molar-refractivity contribution >= 4 is 16.6 Å². The maximum Gasteiger partial charge on any atom is 0.182 e. The number of benzene rings is 2. The lowest BCUT2D eigenvalue weighted by molar-refractivity contribution is 0.0967. The van der Waals surface area contributed by atoms with Crippen molar-refractivity contribution in [2.45, 2.75) is 18.8 Å². The number of Topliss-reactive ketones (excluding diaryl/α,β-unsaturated/α-hetero) is 1. The highest BCUT2D eigenvalue weighted by atomic mass is 16.1. The van der Waals surface area contributed by atoms with E-state index in [0.717, 1.165) is 17.2 Å². The summed E-state index contributed by atoms with van der Waals surface area (Å²) in [5, 5.41) is 2.03. The summed E-state index contributed by atoms with van der Waals surface area (Å²) in [5.41, 5.74) is 3.31. The average molecular weight is 273 g/mol. The van der Waals surface area contributed by atoms with Crippen molar-refractivity contribution < 1.29 is 4.79 Å². The fourth-order valence-corrected chi connectivity index (χ4v) is 3.21. The Balaban J connectivity index is 1.64. The second-order valence-electron chi connectivity index (χ2n) is 5.61. The van der Waals surface area contributed by atoms with E-state index in [1.807, 2.05) is 36.4 Å². The van der Waals surface area contributed by atoms with E-state index in [9.17, 15) is 4.79 Å². The molecule has 1 aliphatic carbocycles. The van der Waals surface area contributed by atoms with E-state index < -0.39 is 0 Å². The molecular formula is C19H15NO. The van der Waals surface area contributed by atoms with E-state index in [0.29, 0.717) is 18.0 Å². The van der Waals surface area contributed by atoms with Gasteiger partial charge in [0, 0.05) is 18.0 Å². The topological polar surface area (TPSA) is 30.0 Å². The summed E-state index contributed by atoms with van der Waals surface area (Å²) < 4.78 is 0. The lowest BCUT2D eigenvalue weighted by Crippen LogP contribution is -2.20. The zero-order valence-corrected chi connectivity index (χ0v) is 11.6. The second-order valence-corrected chi connectivity index (χ2v) is 5.61. The molecule has 2 heteroatoms. The highest BCUT2D eigenvalue weighted by molar-refractivity contribution is 6.06. The number of carbonyl (C=O) groups excluding carboxylic acids is 1. The Kier molecular flexibility index (Phi) is 2.81. The van der Waals surface area contributed by atoms with Gasteiger partial charge in [-0.25, -0.2) is 0 Å². The molecule has 0 radical (unpaired) electrons. The van der Waals surface area contributed by atoms with E-state index >= 15 is 0 Å². The zero-order chi connectivity index (χ0) is 14.2. The minimum absolute atomic E-state index is 0.145. The molecule has 0 bridgehead atoms. The third-order valence-corrected chi connectivity index (χ3v) is 4.33. The second kappa shape index (κ2) is 4.81. The summed E-state index contributed by atoms with van der Waals surface area (Å²) in [6.07, 6.45) is 3.29. The molecule has 0 spiro atoms. The minimum atomic E-state index is 0.145. The first-order valence-corrected chi connectivity index (χ1v) is 7.27. The first kappa shape index (κ1) is 12.3. The molecule has 4 rings (SSSR count). The summed E-state index contributed by atoms with van der Waals surface area (Å²) >= 11 is 0. The number of ketones is 1. The van der Waals surface area contributed by atoms with Crippen molar-refractivity contribution in [1.82, 2.24) is 4.98 Å². The number of aromatic nitrogens is 1. The number of nitrogens with zero attached hydrogens (tertiary/aromatic N) is 1. The van der Waals surface area contributed by atoms with Gasteiger partial charge < -0.3 is 0 Å².